The maximum Gasteiger partial charge on any atom is 0.161 e. The summed E-state index contributed by atoms with van der Waals surface area (Å²) >= 11 is 0. The largest absolute Gasteiger partial charge is 0.493 e. The number of benzene rings is 1. The second-order valence-corrected chi connectivity index (χ2v) is 5.37. The lowest BCUT2D eigenvalue weighted by Gasteiger charge is -2.32. The van der Waals surface area contributed by atoms with Crippen molar-refractivity contribution in [1.82, 2.24) is 4.90 Å². The monoisotopic (exact) mass is 292 g/mol. The summed E-state index contributed by atoms with van der Waals surface area (Å²) < 4.78 is 10.6. The van der Waals surface area contributed by atoms with Gasteiger partial charge in [-0.2, -0.15) is 0 Å². The Balaban J connectivity index is 2.05. The lowest BCUT2D eigenvalue weighted by molar-refractivity contribution is 0.220. The molecule has 0 saturated carbocycles. The van der Waals surface area contributed by atoms with Gasteiger partial charge in [-0.25, -0.2) is 0 Å². The molecule has 1 N–H and O–H groups in total. The zero-order valence-corrected chi connectivity index (χ0v) is 13.0. The standard InChI is InChI=1S/C16H24N2O3/c1-4-13-11-18(8-7-14(13)17-19)10-12-5-6-15(20-2)16(9-12)21-3/h5-6,9,13,19H,4,7-8,10-11H2,1-3H3/b17-14+. The fraction of sp³-hybridized carbons (Fsp3) is 0.562. The molecule has 0 aromatic heterocycles. The van der Waals surface area contributed by atoms with Crippen molar-refractivity contribution in [1.29, 1.82) is 0 Å². The minimum Gasteiger partial charge on any atom is -0.493 e. The second kappa shape index (κ2) is 7.31. The molecule has 0 amide bonds. The number of nitrogens with zero attached hydrogens (tertiary/aromatic N) is 2. The van der Waals surface area contributed by atoms with Gasteiger partial charge in [0.05, 0.1) is 19.9 Å². The van der Waals surface area contributed by atoms with Crippen LogP contribution < -0.4 is 9.47 Å². The number of methoxy groups -OCH3 is 2. The molecule has 1 fully saturated rings. The average Bonchev–Trinajstić information content (AvgIpc) is 2.54. The van der Waals surface area contributed by atoms with Crippen molar-refractivity contribution >= 4 is 5.71 Å². The highest BCUT2D eigenvalue weighted by atomic mass is 16.5. The molecule has 0 aliphatic carbocycles. The van der Waals surface area contributed by atoms with Crippen molar-refractivity contribution in [3.05, 3.63) is 23.8 Å². The van der Waals surface area contributed by atoms with E-state index in [0.29, 0.717) is 5.92 Å². The first-order chi connectivity index (χ1) is 10.2. The van der Waals surface area contributed by atoms with Crippen LogP contribution in [0.15, 0.2) is 23.4 Å². The maximum absolute atomic E-state index is 9.03. The molecule has 1 saturated heterocycles. The average molecular weight is 292 g/mol. The number of hydrogen-bond donors (Lipinski definition) is 1. The van der Waals surface area contributed by atoms with E-state index in [4.69, 9.17) is 14.7 Å². The smallest absolute Gasteiger partial charge is 0.161 e. The summed E-state index contributed by atoms with van der Waals surface area (Å²) in [6.45, 7) is 4.86. The normalized spacial score (nSPS) is 21.5. The van der Waals surface area contributed by atoms with Crippen LogP contribution in [0.2, 0.25) is 0 Å². The van der Waals surface area contributed by atoms with Crippen LogP contribution in [0, 0.1) is 5.92 Å². The van der Waals surface area contributed by atoms with Gasteiger partial charge < -0.3 is 14.7 Å². The lowest BCUT2D eigenvalue weighted by atomic mass is 9.93. The number of piperidine rings is 1. The molecule has 1 aromatic rings. The highest BCUT2D eigenvalue weighted by Crippen LogP contribution is 2.28. The third-order valence-electron chi connectivity index (χ3n) is 4.11. The van der Waals surface area contributed by atoms with Gasteiger partial charge in [-0.1, -0.05) is 18.1 Å². The van der Waals surface area contributed by atoms with Gasteiger partial charge in [0, 0.05) is 32.0 Å². The van der Waals surface area contributed by atoms with E-state index in [2.05, 4.69) is 23.0 Å². The minimum atomic E-state index is 0.351. The third kappa shape index (κ3) is 3.67. The second-order valence-electron chi connectivity index (χ2n) is 5.37. The molecule has 21 heavy (non-hydrogen) atoms. The van der Waals surface area contributed by atoms with E-state index in [9.17, 15) is 0 Å². The summed E-state index contributed by atoms with van der Waals surface area (Å²) in [5, 5.41) is 12.5. The molecular weight excluding hydrogens is 268 g/mol. The van der Waals surface area contributed by atoms with Crippen molar-refractivity contribution in [2.45, 2.75) is 26.3 Å². The van der Waals surface area contributed by atoms with Gasteiger partial charge in [-0.3, -0.25) is 4.90 Å². The summed E-state index contributed by atoms with van der Waals surface area (Å²) in [4.78, 5) is 2.39. The molecule has 0 bridgehead atoms. The fourth-order valence-electron chi connectivity index (χ4n) is 2.86. The van der Waals surface area contributed by atoms with E-state index in [1.807, 2.05) is 12.1 Å². The summed E-state index contributed by atoms with van der Waals surface area (Å²) in [5.41, 5.74) is 2.13. The Morgan fingerprint density at radius 2 is 2.05 bits per heavy atom. The first-order valence-electron chi connectivity index (χ1n) is 7.35. The Hall–Kier alpha value is -1.75. The van der Waals surface area contributed by atoms with Crippen LogP contribution in [-0.2, 0) is 6.54 Å². The molecule has 0 spiro atoms. The van der Waals surface area contributed by atoms with Crippen LogP contribution in [0.3, 0.4) is 0 Å². The van der Waals surface area contributed by atoms with Gasteiger partial charge in [0.1, 0.15) is 0 Å². The maximum atomic E-state index is 9.03. The topological polar surface area (TPSA) is 54.3 Å². The van der Waals surface area contributed by atoms with Crippen LogP contribution in [0.4, 0.5) is 0 Å². The van der Waals surface area contributed by atoms with Crippen LogP contribution in [0.1, 0.15) is 25.3 Å². The Labute approximate surface area is 126 Å². The van der Waals surface area contributed by atoms with E-state index >= 15 is 0 Å². The quantitative estimate of drug-likeness (QED) is 0.670. The Morgan fingerprint density at radius 1 is 1.29 bits per heavy atom. The molecule has 5 nitrogen and oxygen atoms in total. The Bertz CT molecular complexity index is 502. The SMILES string of the molecule is CCC1CN(Cc2ccc(OC)c(OC)c2)CC/C1=N\O. The number of ether oxygens (including phenoxy) is 2. The van der Waals surface area contributed by atoms with Gasteiger partial charge in [0.25, 0.3) is 0 Å². The van der Waals surface area contributed by atoms with Crippen molar-refractivity contribution < 1.29 is 14.7 Å². The number of likely N-dealkylation sites (tertiary alicyclic amines) is 1. The number of hydrogen-bond acceptors (Lipinski definition) is 5. The summed E-state index contributed by atoms with van der Waals surface area (Å²) in [5.74, 6) is 1.86. The summed E-state index contributed by atoms with van der Waals surface area (Å²) in [6.07, 6.45) is 1.84. The van der Waals surface area contributed by atoms with Crippen molar-refractivity contribution in [2.75, 3.05) is 27.3 Å². The van der Waals surface area contributed by atoms with Gasteiger partial charge in [0.15, 0.2) is 11.5 Å². The first kappa shape index (κ1) is 15.6. The highest BCUT2D eigenvalue weighted by Gasteiger charge is 2.24. The molecule has 116 valence electrons. The molecule has 1 heterocycles. The molecule has 0 radical (unpaired) electrons. The van der Waals surface area contributed by atoms with E-state index in [1.165, 1.54) is 5.56 Å². The zero-order chi connectivity index (χ0) is 15.2. The lowest BCUT2D eigenvalue weighted by Crippen LogP contribution is -2.40. The van der Waals surface area contributed by atoms with E-state index in [-0.39, 0.29) is 0 Å². The van der Waals surface area contributed by atoms with E-state index in [1.54, 1.807) is 14.2 Å². The predicted octanol–water partition coefficient (Wildman–Crippen LogP) is 2.77. The van der Waals surface area contributed by atoms with Crippen LogP contribution in [0.25, 0.3) is 0 Å². The summed E-state index contributed by atoms with van der Waals surface area (Å²) in [6, 6.07) is 6.03. The zero-order valence-electron chi connectivity index (χ0n) is 13.0. The highest BCUT2D eigenvalue weighted by molar-refractivity contribution is 5.87. The van der Waals surface area contributed by atoms with Crippen molar-refractivity contribution in [3.8, 4) is 11.5 Å². The molecule has 1 aliphatic rings. The molecule has 1 aliphatic heterocycles. The third-order valence-corrected chi connectivity index (χ3v) is 4.11. The first-order valence-corrected chi connectivity index (χ1v) is 7.35. The predicted molar refractivity (Wildman–Crippen MR) is 82.4 cm³/mol. The molecule has 1 unspecified atom stereocenters. The van der Waals surface area contributed by atoms with Gasteiger partial charge in [-0.15, -0.1) is 0 Å². The van der Waals surface area contributed by atoms with Gasteiger partial charge in [-0.05, 0) is 24.1 Å². The van der Waals surface area contributed by atoms with Crippen LogP contribution in [0.5, 0.6) is 11.5 Å². The van der Waals surface area contributed by atoms with E-state index in [0.717, 1.165) is 49.7 Å². The molecule has 1 atom stereocenters. The van der Waals surface area contributed by atoms with Gasteiger partial charge >= 0.3 is 0 Å². The number of oxime groups is 1. The van der Waals surface area contributed by atoms with Crippen LogP contribution >= 0.6 is 0 Å². The fourth-order valence-corrected chi connectivity index (χ4v) is 2.86. The minimum absolute atomic E-state index is 0.351. The molecule has 2 rings (SSSR count). The summed E-state index contributed by atoms with van der Waals surface area (Å²) in [7, 11) is 3.30. The molecular formula is C16H24N2O3. The Kier molecular flexibility index (Phi) is 5.44. The van der Waals surface area contributed by atoms with Crippen molar-refractivity contribution in [3.63, 3.8) is 0 Å². The van der Waals surface area contributed by atoms with E-state index < -0.39 is 0 Å². The van der Waals surface area contributed by atoms with Crippen molar-refractivity contribution in [2.24, 2.45) is 11.1 Å². The molecule has 1 aromatic carbocycles. The van der Waals surface area contributed by atoms with Gasteiger partial charge in [0.2, 0.25) is 0 Å². The molecule has 5 heteroatoms. The van der Waals surface area contributed by atoms with Crippen LogP contribution in [-0.4, -0.2) is 43.1 Å². The number of rotatable bonds is 5. The Morgan fingerprint density at radius 3 is 2.67 bits per heavy atom.